The van der Waals surface area contributed by atoms with Crippen LogP contribution < -0.4 is 11.5 Å². The summed E-state index contributed by atoms with van der Waals surface area (Å²) in [6.07, 6.45) is -10.9. The summed E-state index contributed by atoms with van der Waals surface area (Å²) in [5, 5.41) is 104. The van der Waals surface area contributed by atoms with Crippen molar-refractivity contribution in [3.63, 3.8) is 0 Å². The number of carboxylic acid groups (broad SMARTS) is 2. The minimum atomic E-state index is -2.20. The second-order valence-corrected chi connectivity index (χ2v) is 7.64. The number of hydrogen-bond acceptors (Lipinski definition) is 14. The van der Waals surface area contributed by atoms with E-state index in [4.69, 9.17) is 72.7 Å². The fourth-order valence-corrected chi connectivity index (χ4v) is 2.53. The summed E-state index contributed by atoms with van der Waals surface area (Å²) < 4.78 is 0. The van der Waals surface area contributed by atoms with E-state index in [0.29, 0.717) is 0 Å². The summed E-state index contributed by atoms with van der Waals surface area (Å²) in [6.45, 7) is -1.69. The fourth-order valence-electron chi connectivity index (χ4n) is 2.53. The monoisotopic (exact) mass is 701 g/mol. The molecule has 0 spiro atoms. The van der Waals surface area contributed by atoms with Crippen LogP contribution in [0.1, 0.15) is 25.7 Å². The van der Waals surface area contributed by atoms with E-state index in [-0.39, 0.29) is 33.1 Å². The van der Waals surface area contributed by atoms with Crippen LogP contribution in [0.25, 0.3) is 0 Å². The Morgan fingerprint density at radius 2 is 0.886 bits per heavy atom. The Kier molecular flexibility index (Phi) is 22.4. The van der Waals surface area contributed by atoms with Crippen LogP contribution in [0.3, 0.4) is 0 Å². The summed E-state index contributed by atoms with van der Waals surface area (Å²) >= 11 is 0. The summed E-state index contributed by atoms with van der Waals surface area (Å²) in [7, 11) is 0. The zero-order valence-corrected chi connectivity index (χ0v) is 20.9. The number of carboxylic acids is 2. The van der Waals surface area contributed by atoms with Gasteiger partial charge in [-0.05, 0) is 12.8 Å². The number of aliphatic hydroxyl groups is 10. The summed E-state index contributed by atoms with van der Waals surface area (Å²) in [5.41, 5.74) is 11.3. The van der Waals surface area contributed by atoms with Crippen molar-refractivity contribution < 1.29 is 91.9 Å². The van der Waals surface area contributed by atoms with E-state index in [1.165, 1.54) is 12.8 Å². The van der Waals surface area contributed by atoms with Gasteiger partial charge in [0.2, 0.25) is 0 Å². The predicted molar refractivity (Wildman–Crippen MR) is 112 cm³/mol. The molecular weight excluding hydrogens is 663 g/mol. The van der Waals surface area contributed by atoms with Crippen LogP contribution in [0.4, 0.5) is 0 Å². The van der Waals surface area contributed by atoms with Crippen molar-refractivity contribution in [3.05, 3.63) is 0 Å². The van der Waals surface area contributed by atoms with Crippen molar-refractivity contribution in [2.75, 3.05) is 13.2 Å². The Balaban J connectivity index is -0.000000444. The Morgan fingerprint density at radius 3 is 1.06 bits per heavy atom. The SMILES string of the molecule is NC1CCCCC1N.O=C(O)C(O)C(O)C(O)C(O)CO.O=C(O)C(O)C(O)C(O)C(O)CO.[Pt]. The number of nitrogens with two attached hydrogens (primary N) is 2. The van der Waals surface area contributed by atoms with Crippen LogP contribution in [0, 0.1) is 0 Å². The van der Waals surface area contributed by atoms with Crippen molar-refractivity contribution in [1.29, 1.82) is 0 Å². The molecule has 0 radical (unpaired) electrons. The number of aliphatic carboxylic acids is 2. The third-order valence-electron chi connectivity index (χ3n) is 4.89. The normalized spacial score (nSPS) is 24.2. The molecule has 1 aliphatic rings. The molecular formula is C18H38N2O14Pt. The number of hydrogen-bond donors (Lipinski definition) is 14. The van der Waals surface area contributed by atoms with Gasteiger partial charge in [0, 0.05) is 33.1 Å². The van der Waals surface area contributed by atoms with Gasteiger partial charge in [0.05, 0.1) is 13.2 Å². The van der Waals surface area contributed by atoms with E-state index in [2.05, 4.69) is 0 Å². The molecule has 16 nitrogen and oxygen atoms in total. The van der Waals surface area contributed by atoms with Gasteiger partial charge in [-0.15, -0.1) is 0 Å². The van der Waals surface area contributed by atoms with Crippen molar-refractivity contribution in [3.8, 4) is 0 Å². The van der Waals surface area contributed by atoms with Crippen LogP contribution in [-0.4, -0.2) is 147 Å². The smallest absolute Gasteiger partial charge is 0.335 e. The molecule has 35 heavy (non-hydrogen) atoms. The maximum absolute atomic E-state index is 10.1. The average Bonchev–Trinajstić information content (AvgIpc) is 2.82. The van der Waals surface area contributed by atoms with Crippen LogP contribution in [-0.2, 0) is 30.7 Å². The molecule has 0 aromatic heterocycles. The molecule has 0 aromatic rings. The van der Waals surface area contributed by atoms with E-state index in [1.807, 2.05) is 0 Å². The maximum Gasteiger partial charge on any atom is 0.335 e. The summed E-state index contributed by atoms with van der Waals surface area (Å²) in [5.74, 6) is -3.45. The summed E-state index contributed by atoms with van der Waals surface area (Å²) in [6, 6.07) is 0.562. The van der Waals surface area contributed by atoms with Gasteiger partial charge < -0.3 is 72.7 Å². The first-order chi connectivity index (χ1) is 15.6. The Hall–Kier alpha value is -0.852. The largest absolute Gasteiger partial charge is 0.479 e. The average molecular weight is 702 g/mol. The maximum atomic E-state index is 10.1. The molecule has 0 aliphatic heterocycles. The molecule has 1 saturated carbocycles. The Bertz CT molecular complexity index is 529. The number of aliphatic hydroxyl groups excluding tert-OH is 10. The zero-order chi connectivity index (χ0) is 27.2. The first-order valence-corrected chi connectivity index (χ1v) is 10.3. The van der Waals surface area contributed by atoms with Crippen molar-refractivity contribution in [1.82, 2.24) is 0 Å². The molecule has 0 bridgehead atoms. The molecule has 10 atom stereocenters. The van der Waals surface area contributed by atoms with E-state index >= 15 is 0 Å². The van der Waals surface area contributed by atoms with Gasteiger partial charge in [-0.2, -0.15) is 0 Å². The molecule has 0 amide bonds. The predicted octanol–water partition coefficient (Wildman–Crippen LogP) is -6.77. The van der Waals surface area contributed by atoms with E-state index in [1.54, 1.807) is 0 Å². The second kappa shape index (κ2) is 20.2. The van der Waals surface area contributed by atoms with Crippen molar-refractivity contribution >= 4 is 11.9 Å². The molecule has 0 heterocycles. The molecule has 0 saturated heterocycles. The van der Waals surface area contributed by atoms with E-state index in [9.17, 15) is 9.59 Å². The number of rotatable bonds is 10. The Labute approximate surface area is 215 Å². The van der Waals surface area contributed by atoms with Gasteiger partial charge in [-0.1, -0.05) is 12.8 Å². The zero-order valence-electron chi connectivity index (χ0n) is 18.7. The van der Waals surface area contributed by atoms with Crippen molar-refractivity contribution in [2.24, 2.45) is 11.5 Å². The Morgan fingerprint density at radius 1 is 0.629 bits per heavy atom. The van der Waals surface area contributed by atoms with Crippen LogP contribution in [0.15, 0.2) is 0 Å². The molecule has 16 N–H and O–H groups in total. The fraction of sp³-hybridized carbons (Fsp3) is 0.889. The van der Waals surface area contributed by atoms with Gasteiger partial charge in [-0.3, -0.25) is 0 Å². The second-order valence-electron chi connectivity index (χ2n) is 7.64. The standard InChI is InChI=1S/C6H14N2.2C6H12O7.Pt/c7-5-3-1-2-4-6(5)8;2*7-1-2(8)3(9)4(10)5(11)6(12)13;/h5-6H,1-4,7-8H2;2*2-5,7-11H,1H2,(H,12,13);. The van der Waals surface area contributed by atoms with Crippen LogP contribution in [0.5, 0.6) is 0 Å². The third kappa shape index (κ3) is 15.1. The molecule has 10 unspecified atom stereocenters. The molecule has 1 fully saturated rings. The van der Waals surface area contributed by atoms with Gasteiger partial charge in [-0.25, -0.2) is 9.59 Å². The molecule has 1 aliphatic carbocycles. The minimum absolute atomic E-state index is 0. The molecule has 1 rings (SSSR count). The van der Waals surface area contributed by atoms with E-state index < -0.39 is 74.0 Å². The third-order valence-corrected chi connectivity index (χ3v) is 4.89. The quantitative estimate of drug-likeness (QED) is 0.101. The summed E-state index contributed by atoms with van der Waals surface area (Å²) in [4.78, 5) is 20.2. The first kappa shape index (κ1) is 38.7. The van der Waals surface area contributed by atoms with Gasteiger partial charge >= 0.3 is 11.9 Å². The minimum Gasteiger partial charge on any atom is -0.479 e. The van der Waals surface area contributed by atoms with Gasteiger partial charge in [0.25, 0.3) is 0 Å². The first-order valence-electron chi connectivity index (χ1n) is 10.3. The molecule has 17 heteroatoms. The van der Waals surface area contributed by atoms with Gasteiger partial charge in [0.15, 0.2) is 12.2 Å². The topological polar surface area (TPSA) is 329 Å². The molecule has 0 aromatic carbocycles. The van der Waals surface area contributed by atoms with Crippen LogP contribution >= 0.6 is 0 Å². The van der Waals surface area contributed by atoms with Crippen molar-refractivity contribution in [2.45, 2.75) is 86.6 Å². The van der Waals surface area contributed by atoms with Crippen LogP contribution in [0.2, 0.25) is 0 Å². The molecule has 214 valence electrons. The number of carbonyl (C=O) groups is 2. The van der Waals surface area contributed by atoms with Gasteiger partial charge in [0.1, 0.15) is 36.6 Å². The van der Waals surface area contributed by atoms with E-state index in [0.717, 1.165) is 12.8 Å².